The van der Waals surface area contributed by atoms with E-state index in [9.17, 15) is 8.42 Å². The van der Waals surface area contributed by atoms with Crippen LogP contribution in [0.5, 0.6) is 17.2 Å². The topological polar surface area (TPSA) is 86.2 Å². The van der Waals surface area contributed by atoms with Crippen LogP contribution in [-0.2, 0) is 10.0 Å². The molecule has 0 unspecified atom stereocenters. The molecule has 27 heavy (non-hydrogen) atoms. The summed E-state index contributed by atoms with van der Waals surface area (Å²) in [4.78, 5) is 2.11. The maximum absolute atomic E-state index is 12.5. The van der Waals surface area contributed by atoms with Gasteiger partial charge in [-0.25, -0.2) is 0 Å². The largest absolute Gasteiger partial charge is 0.495 e. The summed E-state index contributed by atoms with van der Waals surface area (Å²) < 4.78 is 40.5. The number of sulfonamides is 1. The van der Waals surface area contributed by atoms with Crippen molar-refractivity contribution in [2.75, 3.05) is 21.3 Å². The lowest BCUT2D eigenvalue weighted by molar-refractivity contribution is 0.394. The number of benzene rings is 2. The molecule has 2 rings (SSSR count). The first-order valence-corrected chi connectivity index (χ1v) is 9.78. The third-order valence-corrected chi connectivity index (χ3v) is 5.42. The van der Waals surface area contributed by atoms with Crippen molar-refractivity contribution in [3.05, 3.63) is 45.4 Å². The predicted octanol–water partition coefficient (Wildman–Crippen LogP) is 3.64. The van der Waals surface area contributed by atoms with Crippen LogP contribution in [-0.4, -0.2) is 36.0 Å². The van der Waals surface area contributed by atoms with Crippen LogP contribution in [0.25, 0.3) is 0 Å². The summed E-state index contributed by atoms with van der Waals surface area (Å²) in [6, 6.07) is 6.29. The summed E-state index contributed by atoms with van der Waals surface area (Å²) >= 11 is 12.3. The molecule has 2 aromatic carbocycles. The van der Waals surface area contributed by atoms with Gasteiger partial charge in [0.1, 0.15) is 21.4 Å². The van der Waals surface area contributed by atoms with E-state index in [1.54, 1.807) is 19.1 Å². The lowest BCUT2D eigenvalue weighted by Crippen LogP contribution is -2.19. The van der Waals surface area contributed by atoms with E-state index in [1.165, 1.54) is 39.7 Å². The number of aryl methyl sites for hydroxylation is 1. The lowest BCUT2D eigenvalue weighted by Gasteiger charge is -2.12. The molecule has 0 aromatic heterocycles. The Kier molecular flexibility index (Phi) is 6.80. The van der Waals surface area contributed by atoms with Crippen molar-refractivity contribution in [1.29, 1.82) is 0 Å². The average molecular weight is 433 g/mol. The van der Waals surface area contributed by atoms with Crippen LogP contribution >= 0.6 is 23.2 Å². The van der Waals surface area contributed by atoms with Crippen LogP contribution in [0.2, 0.25) is 10.0 Å². The van der Waals surface area contributed by atoms with E-state index in [0.717, 1.165) is 5.56 Å². The van der Waals surface area contributed by atoms with E-state index in [-0.39, 0.29) is 32.2 Å². The molecule has 0 saturated carbocycles. The van der Waals surface area contributed by atoms with Crippen molar-refractivity contribution in [2.45, 2.75) is 11.8 Å². The minimum atomic E-state index is -3.95. The highest BCUT2D eigenvalue weighted by Crippen LogP contribution is 2.41. The van der Waals surface area contributed by atoms with Gasteiger partial charge in [-0.2, -0.15) is 18.4 Å². The van der Waals surface area contributed by atoms with Crippen molar-refractivity contribution in [2.24, 2.45) is 5.10 Å². The zero-order valence-corrected chi connectivity index (χ0v) is 17.4. The van der Waals surface area contributed by atoms with Gasteiger partial charge in [-0.3, -0.25) is 0 Å². The van der Waals surface area contributed by atoms with Crippen molar-refractivity contribution in [3.8, 4) is 17.2 Å². The Balaban J connectivity index is 2.36. The lowest BCUT2D eigenvalue weighted by atomic mass is 10.2. The van der Waals surface area contributed by atoms with Gasteiger partial charge < -0.3 is 14.2 Å². The fourth-order valence-electron chi connectivity index (χ4n) is 2.30. The molecule has 0 heterocycles. The van der Waals surface area contributed by atoms with Crippen molar-refractivity contribution < 1.29 is 22.6 Å². The van der Waals surface area contributed by atoms with E-state index in [0.29, 0.717) is 5.56 Å². The zero-order valence-electron chi connectivity index (χ0n) is 15.0. The Morgan fingerprint density at radius 2 is 1.70 bits per heavy atom. The van der Waals surface area contributed by atoms with E-state index in [2.05, 4.69) is 9.93 Å². The highest BCUT2D eigenvalue weighted by Gasteiger charge is 2.20. The van der Waals surface area contributed by atoms with E-state index < -0.39 is 10.0 Å². The molecule has 0 aliphatic rings. The Bertz CT molecular complexity index is 978. The number of hydrogen-bond acceptors (Lipinski definition) is 6. The molecule has 0 atom stereocenters. The third-order valence-electron chi connectivity index (χ3n) is 3.55. The first kappa shape index (κ1) is 21.1. The number of hydrogen-bond donors (Lipinski definition) is 1. The molecule has 0 saturated heterocycles. The van der Waals surface area contributed by atoms with Gasteiger partial charge >= 0.3 is 0 Å². The molecule has 0 aliphatic carbocycles. The Morgan fingerprint density at radius 1 is 1.04 bits per heavy atom. The second-order valence-electron chi connectivity index (χ2n) is 5.34. The maximum Gasteiger partial charge on any atom is 0.280 e. The molecule has 1 N–H and O–H groups in total. The Labute approximate surface area is 167 Å². The Morgan fingerprint density at radius 3 is 2.30 bits per heavy atom. The highest BCUT2D eigenvalue weighted by atomic mass is 35.5. The van der Waals surface area contributed by atoms with Crippen LogP contribution < -0.4 is 19.0 Å². The molecule has 0 spiro atoms. The molecule has 0 bridgehead atoms. The van der Waals surface area contributed by atoms with Gasteiger partial charge in [0, 0.05) is 5.56 Å². The number of nitrogens with one attached hydrogen (secondary N) is 1. The molecule has 2 aromatic rings. The Hall–Kier alpha value is -2.16. The van der Waals surface area contributed by atoms with Crippen molar-refractivity contribution >= 4 is 39.4 Å². The number of methoxy groups -OCH3 is 3. The van der Waals surface area contributed by atoms with Gasteiger partial charge in [0.15, 0.2) is 5.75 Å². The molecule has 0 aliphatic heterocycles. The van der Waals surface area contributed by atoms with Crippen LogP contribution in [0, 0.1) is 6.92 Å². The average Bonchev–Trinajstić information content (AvgIpc) is 2.62. The van der Waals surface area contributed by atoms with Crippen LogP contribution in [0.15, 0.2) is 34.3 Å². The highest BCUT2D eigenvalue weighted by molar-refractivity contribution is 7.89. The van der Waals surface area contributed by atoms with Crippen LogP contribution in [0.3, 0.4) is 0 Å². The first-order valence-electron chi connectivity index (χ1n) is 7.54. The van der Waals surface area contributed by atoms with E-state index in [1.807, 2.05) is 0 Å². The molecule has 7 nitrogen and oxygen atoms in total. The summed E-state index contributed by atoms with van der Waals surface area (Å²) in [6.45, 7) is 1.77. The maximum atomic E-state index is 12.5. The molecule has 0 radical (unpaired) electrons. The van der Waals surface area contributed by atoms with Crippen molar-refractivity contribution in [3.63, 3.8) is 0 Å². The zero-order chi connectivity index (χ0) is 20.2. The smallest absolute Gasteiger partial charge is 0.280 e. The molecule has 10 heteroatoms. The SMILES string of the molecule is COc1ccc(C)cc1S(=O)(=O)N/N=C/c1cc(Cl)c(OC)c(Cl)c1OC. The number of nitrogens with zero attached hydrogens (tertiary/aromatic N) is 1. The molecule has 146 valence electrons. The number of rotatable bonds is 7. The van der Waals surface area contributed by atoms with Gasteiger partial charge in [0.25, 0.3) is 10.0 Å². The van der Waals surface area contributed by atoms with Gasteiger partial charge in [-0.1, -0.05) is 29.3 Å². The fourth-order valence-corrected chi connectivity index (χ4v) is 4.05. The standard InChI is InChI=1S/C17H18Cl2N2O5S/c1-10-5-6-13(24-2)14(7-10)27(22,23)21-20-9-11-8-12(18)17(26-4)15(19)16(11)25-3/h5-9,21H,1-4H3/b20-9+. The summed E-state index contributed by atoms with van der Waals surface area (Å²) in [5.41, 5.74) is 1.13. The number of hydrazone groups is 1. The molecular formula is C17H18Cl2N2O5S. The van der Waals surface area contributed by atoms with E-state index >= 15 is 0 Å². The van der Waals surface area contributed by atoms with Gasteiger partial charge in [-0.05, 0) is 30.7 Å². The summed E-state index contributed by atoms with van der Waals surface area (Å²) in [5.74, 6) is 0.697. The van der Waals surface area contributed by atoms with E-state index in [4.69, 9.17) is 37.4 Å². The number of ether oxygens (including phenoxy) is 3. The summed E-state index contributed by atoms with van der Waals surface area (Å²) in [7, 11) is 0.266. The van der Waals surface area contributed by atoms with Crippen molar-refractivity contribution in [1.82, 2.24) is 4.83 Å². The monoisotopic (exact) mass is 432 g/mol. The molecule has 0 amide bonds. The second-order valence-corrected chi connectivity index (χ2v) is 7.75. The number of halogens is 2. The van der Waals surface area contributed by atoms with Gasteiger partial charge in [0.05, 0.1) is 32.6 Å². The fraction of sp³-hybridized carbons (Fsp3) is 0.235. The quantitative estimate of drug-likeness (QED) is 0.532. The molecular weight excluding hydrogens is 415 g/mol. The van der Waals surface area contributed by atoms with Gasteiger partial charge in [-0.15, -0.1) is 0 Å². The predicted molar refractivity (Wildman–Crippen MR) is 105 cm³/mol. The molecule has 0 fully saturated rings. The first-order chi connectivity index (χ1) is 12.7. The minimum Gasteiger partial charge on any atom is -0.495 e. The van der Waals surface area contributed by atoms with Crippen LogP contribution in [0.4, 0.5) is 0 Å². The van der Waals surface area contributed by atoms with Crippen LogP contribution in [0.1, 0.15) is 11.1 Å². The second kappa shape index (κ2) is 8.69. The summed E-state index contributed by atoms with van der Waals surface area (Å²) in [5, 5.41) is 4.16. The minimum absolute atomic E-state index is 0.0279. The third kappa shape index (κ3) is 4.58. The van der Waals surface area contributed by atoms with Gasteiger partial charge in [0.2, 0.25) is 0 Å². The summed E-state index contributed by atoms with van der Waals surface area (Å²) in [6.07, 6.45) is 1.23. The normalized spacial score (nSPS) is 11.5.